The highest BCUT2D eigenvalue weighted by molar-refractivity contribution is 5.86. The molecule has 0 aliphatic carbocycles. The van der Waals surface area contributed by atoms with Crippen molar-refractivity contribution in [2.45, 2.75) is 18.9 Å². The van der Waals surface area contributed by atoms with Crippen LogP contribution in [0.4, 0.5) is 11.6 Å². The second kappa shape index (κ2) is 6.50. The van der Waals surface area contributed by atoms with Gasteiger partial charge in [-0.25, -0.2) is 19.9 Å². The largest absolute Gasteiger partial charge is 0.481 e. The summed E-state index contributed by atoms with van der Waals surface area (Å²) in [6, 6.07) is 2.18. The Bertz CT molecular complexity index is 871. The molecule has 25 heavy (non-hydrogen) atoms. The molecule has 0 spiro atoms. The average molecular weight is 340 g/mol. The van der Waals surface area contributed by atoms with E-state index in [-0.39, 0.29) is 0 Å². The van der Waals surface area contributed by atoms with Gasteiger partial charge in [0.25, 0.3) is 0 Å². The molecule has 1 aliphatic rings. The smallest absolute Gasteiger partial charge is 0.218 e. The van der Waals surface area contributed by atoms with Crippen molar-refractivity contribution >= 4 is 22.7 Å². The van der Waals surface area contributed by atoms with Gasteiger partial charge < -0.3 is 15.0 Å². The van der Waals surface area contributed by atoms with Gasteiger partial charge in [0.1, 0.15) is 24.3 Å². The normalized spacial score (nSPS) is 15.5. The maximum atomic E-state index is 5.14. The molecule has 0 unspecified atom stereocenters. The molecule has 0 aromatic carbocycles. The Kier molecular flexibility index (Phi) is 4.04. The van der Waals surface area contributed by atoms with Crippen LogP contribution in [-0.4, -0.2) is 56.0 Å². The molecule has 3 aromatic rings. The molecule has 130 valence electrons. The predicted molar refractivity (Wildman–Crippen MR) is 93.7 cm³/mol. The fourth-order valence-corrected chi connectivity index (χ4v) is 3.16. The molecule has 9 heteroatoms. The van der Waals surface area contributed by atoms with E-state index in [9.17, 15) is 0 Å². The Balaban J connectivity index is 1.44. The minimum atomic E-state index is 0.363. The number of nitrogens with one attached hydrogen (secondary N) is 1. The number of ether oxygens (including phenoxy) is 1. The Morgan fingerprint density at radius 1 is 1.12 bits per heavy atom. The van der Waals surface area contributed by atoms with Crippen LogP contribution < -0.4 is 15.0 Å². The molecule has 0 bridgehead atoms. The Labute approximate surface area is 145 Å². The van der Waals surface area contributed by atoms with Gasteiger partial charge in [-0.05, 0) is 12.8 Å². The van der Waals surface area contributed by atoms with Crippen LogP contribution in [0.15, 0.2) is 24.9 Å². The van der Waals surface area contributed by atoms with Crippen molar-refractivity contribution in [1.29, 1.82) is 0 Å². The molecule has 0 atom stereocenters. The van der Waals surface area contributed by atoms with E-state index < -0.39 is 0 Å². The third-order valence-electron chi connectivity index (χ3n) is 4.41. The van der Waals surface area contributed by atoms with E-state index >= 15 is 0 Å². The number of piperidine rings is 1. The second-order valence-corrected chi connectivity index (χ2v) is 6.09. The molecule has 0 saturated carbocycles. The summed E-state index contributed by atoms with van der Waals surface area (Å²) in [5, 5.41) is 8.82. The van der Waals surface area contributed by atoms with Gasteiger partial charge in [0.15, 0.2) is 5.65 Å². The van der Waals surface area contributed by atoms with E-state index in [4.69, 9.17) is 4.74 Å². The Hall–Kier alpha value is -2.97. The first-order chi connectivity index (χ1) is 12.2. The summed E-state index contributed by atoms with van der Waals surface area (Å²) >= 11 is 0. The average Bonchev–Trinajstić information content (AvgIpc) is 3.03. The lowest BCUT2D eigenvalue weighted by molar-refractivity contribution is 0.397. The zero-order chi connectivity index (χ0) is 17.2. The molecule has 0 amide bonds. The number of fused-ring (bicyclic) bond motifs is 1. The monoisotopic (exact) mass is 340 g/mol. The maximum Gasteiger partial charge on any atom is 0.218 e. The Morgan fingerprint density at radius 3 is 2.72 bits per heavy atom. The van der Waals surface area contributed by atoms with Crippen molar-refractivity contribution < 1.29 is 4.74 Å². The first kappa shape index (κ1) is 15.6. The minimum absolute atomic E-state index is 0.363. The van der Waals surface area contributed by atoms with Gasteiger partial charge in [0.2, 0.25) is 5.88 Å². The highest BCUT2D eigenvalue weighted by Gasteiger charge is 2.22. The number of aryl methyl sites for hydroxylation is 1. The fourth-order valence-electron chi connectivity index (χ4n) is 3.16. The van der Waals surface area contributed by atoms with E-state index in [1.807, 2.05) is 19.3 Å². The van der Waals surface area contributed by atoms with Gasteiger partial charge >= 0.3 is 0 Å². The van der Waals surface area contributed by atoms with Crippen LogP contribution >= 0.6 is 0 Å². The third kappa shape index (κ3) is 3.17. The number of rotatable bonds is 4. The van der Waals surface area contributed by atoms with Crippen molar-refractivity contribution in [3.05, 3.63) is 24.9 Å². The number of anilines is 2. The molecule has 4 rings (SSSR count). The van der Waals surface area contributed by atoms with E-state index in [1.165, 1.54) is 6.33 Å². The number of methoxy groups -OCH3 is 1. The zero-order valence-electron chi connectivity index (χ0n) is 14.3. The van der Waals surface area contributed by atoms with Crippen LogP contribution in [0.25, 0.3) is 11.0 Å². The van der Waals surface area contributed by atoms with Crippen molar-refractivity contribution in [2.75, 3.05) is 30.4 Å². The Morgan fingerprint density at radius 2 is 1.92 bits per heavy atom. The summed E-state index contributed by atoms with van der Waals surface area (Å²) in [7, 11) is 3.50. The van der Waals surface area contributed by atoms with Gasteiger partial charge in [-0.15, -0.1) is 0 Å². The topological polar surface area (TPSA) is 93.9 Å². The van der Waals surface area contributed by atoms with Gasteiger partial charge in [-0.3, -0.25) is 4.68 Å². The van der Waals surface area contributed by atoms with Crippen LogP contribution in [0, 0.1) is 0 Å². The van der Waals surface area contributed by atoms with Gasteiger partial charge in [0, 0.05) is 38.4 Å². The first-order valence-electron chi connectivity index (χ1n) is 8.25. The quantitative estimate of drug-likeness (QED) is 0.758. The molecule has 3 aromatic heterocycles. The van der Waals surface area contributed by atoms with Gasteiger partial charge in [-0.1, -0.05) is 0 Å². The summed E-state index contributed by atoms with van der Waals surface area (Å²) in [6.45, 7) is 1.84. The SMILES string of the molecule is COc1cc(NC2CCN(c3ncnc4nn(C)cc34)CC2)ncn1. The standard InChI is InChI=1S/C16H20N8O/c1-23-8-12-15(22-23)19-10-20-16(12)24-5-3-11(4-6-24)21-13-7-14(25-2)18-9-17-13/h7-11H,3-6H2,1-2H3,(H,17,18,21). The van der Waals surface area contributed by atoms with Crippen molar-refractivity contribution in [2.24, 2.45) is 7.05 Å². The minimum Gasteiger partial charge on any atom is -0.481 e. The van der Waals surface area contributed by atoms with Crippen LogP contribution in [-0.2, 0) is 7.05 Å². The van der Waals surface area contributed by atoms with Crippen molar-refractivity contribution in [1.82, 2.24) is 29.7 Å². The number of hydrogen-bond donors (Lipinski definition) is 1. The number of hydrogen-bond acceptors (Lipinski definition) is 8. The van der Waals surface area contributed by atoms with Crippen LogP contribution in [0.5, 0.6) is 5.88 Å². The molecule has 9 nitrogen and oxygen atoms in total. The molecule has 1 fully saturated rings. The molecule has 1 saturated heterocycles. The summed E-state index contributed by atoms with van der Waals surface area (Å²) in [6.07, 6.45) is 7.07. The third-order valence-corrected chi connectivity index (χ3v) is 4.41. The summed E-state index contributed by atoms with van der Waals surface area (Å²) in [4.78, 5) is 19.3. The molecule has 4 heterocycles. The highest BCUT2D eigenvalue weighted by atomic mass is 16.5. The number of aromatic nitrogens is 6. The van der Waals surface area contributed by atoms with Gasteiger partial charge in [0.05, 0.1) is 12.5 Å². The van der Waals surface area contributed by atoms with Crippen molar-refractivity contribution in [3.63, 3.8) is 0 Å². The molecule has 0 radical (unpaired) electrons. The first-order valence-corrected chi connectivity index (χ1v) is 8.25. The highest BCUT2D eigenvalue weighted by Crippen LogP contribution is 2.26. The molecule has 1 aliphatic heterocycles. The second-order valence-electron chi connectivity index (χ2n) is 6.09. The van der Waals surface area contributed by atoms with Crippen molar-refractivity contribution in [3.8, 4) is 5.88 Å². The number of nitrogens with zero attached hydrogens (tertiary/aromatic N) is 7. The summed E-state index contributed by atoms with van der Waals surface area (Å²) in [5.41, 5.74) is 0.737. The van der Waals surface area contributed by atoms with E-state index in [2.05, 4.69) is 35.3 Å². The zero-order valence-corrected chi connectivity index (χ0v) is 14.3. The molecular weight excluding hydrogens is 320 g/mol. The fraction of sp³-hybridized carbons (Fsp3) is 0.438. The molecular formula is C16H20N8O. The van der Waals surface area contributed by atoms with E-state index in [1.54, 1.807) is 18.1 Å². The van der Waals surface area contributed by atoms with Crippen LogP contribution in [0.1, 0.15) is 12.8 Å². The summed E-state index contributed by atoms with van der Waals surface area (Å²) < 4.78 is 6.92. The lowest BCUT2D eigenvalue weighted by Crippen LogP contribution is -2.39. The van der Waals surface area contributed by atoms with Gasteiger partial charge in [-0.2, -0.15) is 5.10 Å². The maximum absolute atomic E-state index is 5.14. The molecule has 1 N–H and O–H groups in total. The van der Waals surface area contributed by atoms with Crippen LogP contribution in [0.3, 0.4) is 0 Å². The summed E-state index contributed by atoms with van der Waals surface area (Å²) in [5.74, 6) is 2.32. The lowest BCUT2D eigenvalue weighted by atomic mass is 10.0. The van der Waals surface area contributed by atoms with E-state index in [0.717, 1.165) is 48.6 Å². The lowest BCUT2D eigenvalue weighted by Gasteiger charge is -2.33. The predicted octanol–water partition coefficient (Wildman–Crippen LogP) is 1.24. The van der Waals surface area contributed by atoms with Crippen LogP contribution in [0.2, 0.25) is 0 Å². The van der Waals surface area contributed by atoms with E-state index in [0.29, 0.717) is 11.9 Å².